The van der Waals surface area contributed by atoms with Gasteiger partial charge in [0.25, 0.3) is 0 Å². The Labute approximate surface area is 198 Å². The number of pyridine rings is 1. The molecule has 2 aliphatic heterocycles. The SMILES string of the molecule is O=C(O)Oc1cn(-c2cccc(N3CCOCC3)c2F)c2cc(N3CCOCC3)c(F)cc2c1=O. The van der Waals surface area contributed by atoms with Crippen LogP contribution >= 0.6 is 0 Å². The average molecular weight is 487 g/mol. The summed E-state index contributed by atoms with van der Waals surface area (Å²) < 4.78 is 47.7. The second-order valence-corrected chi connectivity index (χ2v) is 8.19. The van der Waals surface area contributed by atoms with Gasteiger partial charge in [0, 0.05) is 26.2 Å². The topological polar surface area (TPSA) is 93.5 Å². The van der Waals surface area contributed by atoms with Crippen LogP contribution < -0.4 is 20.0 Å². The second kappa shape index (κ2) is 9.51. The summed E-state index contributed by atoms with van der Waals surface area (Å²) in [7, 11) is 0. The quantitative estimate of drug-likeness (QED) is 0.562. The molecule has 2 saturated heterocycles. The fraction of sp³-hybridized carbons (Fsp3) is 0.333. The lowest BCUT2D eigenvalue weighted by Gasteiger charge is -2.30. The molecule has 5 rings (SSSR count). The molecular weight excluding hydrogens is 464 g/mol. The second-order valence-electron chi connectivity index (χ2n) is 8.19. The van der Waals surface area contributed by atoms with Gasteiger partial charge >= 0.3 is 6.16 Å². The number of fused-ring (bicyclic) bond motifs is 1. The first-order valence-electron chi connectivity index (χ1n) is 11.2. The van der Waals surface area contributed by atoms with Crippen LogP contribution in [0.5, 0.6) is 5.75 Å². The van der Waals surface area contributed by atoms with Crippen molar-refractivity contribution in [1.82, 2.24) is 4.57 Å². The van der Waals surface area contributed by atoms with E-state index in [2.05, 4.69) is 4.74 Å². The van der Waals surface area contributed by atoms with Crippen LogP contribution in [0, 0.1) is 11.6 Å². The van der Waals surface area contributed by atoms with Crippen LogP contribution in [0.3, 0.4) is 0 Å². The molecular formula is C24H23F2N3O6. The van der Waals surface area contributed by atoms with E-state index in [1.807, 2.05) is 4.90 Å². The first-order chi connectivity index (χ1) is 16.9. The predicted octanol–water partition coefficient (Wildman–Crippen LogP) is 3.00. The molecule has 0 bridgehead atoms. The maximum atomic E-state index is 15.9. The molecule has 0 radical (unpaired) electrons. The van der Waals surface area contributed by atoms with Crippen molar-refractivity contribution in [3.63, 3.8) is 0 Å². The predicted molar refractivity (Wildman–Crippen MR) is 124 cm³/mol. The number of carbonyl (C=O) groups is 1. The van der Waals surface area contributed by atoms with E-state index in [0.29, 0.717) is 58.3 Å². The van der Waals surface area contributed by atoms with E-state index < -0.39 is 29.0 Å². The lowest BCUT2D eigenvalue weighted by atomic mass is 10.1. The zero-order valence-corrected chi connectivity index (χ0v) is 18.7. The Balaban J connectivity index is 1.73. The van der Waals surface area contributed by atoms with E-state index in [4.69, 9.17) is 14.6 Å². The molecule has 1 aromatic heterocycles. The maximum Gasteiger partial charge on any atom is 0.511 e. The molecule has 2 fully saturated rings. The minimum absolute atomic E-state index is 0.0637. The van der Waals surface area contributed by atoms with Gasteiger partial charge in [-0.1, -0.05) is 6.07 Å². The highest BCUT2D eigenvalue weighted by molar-refractivity contribution is 5.86. The third-order valence-corrected chi connectivity index (χ3v) is 6.16. The van der Waals surface area contributed by atoms with Crippen molar-refractivity contribution in [1.29, 1.82) is 0 Å². The summed E-state index contributed by atoms with van der Waals surface area (Å²) in [5.41, 5.74) is 0.0534. The number of ether oxygens (including phenoxy) is 3. The summed E-state index contributed by atoms with van der Waals surface area (Å²) >= 11 is 0. The minimum atomic E-state index is -1.71. The molecule has 1 N–H and O–H groups in total. The largest absolute Gasteiger partial charge is 0.511 e. The van der Waals surface area contributed by atoms with Crippen molar-refractivity contribution in [3.8, 4) is 11.4 Å². The van der Waals surface area contributed by atoms with Crippen molar-refractivity contribution in [2.24, 2.45) is 0 Å². The summed E-state index contributed by atoms with van der Waals surface area (Å²) in [6.45, 7) is 3.68. The minimum Gasteiger partial charge on any atom is -0.449 e. The highest BCUT2D eigenvalue weighted by Crippen LogP contribution is 2.32. The molecule has 35 heavy (non-hydrogen) atoms. The van der Waals surface area contributed by atoms with Gasteiger partial charge in [-0.15, -0.1) is 0 Å². The van der Waals surface area contributed by atoms with E-state index in [1.54, 1.807) is 17.0 Å². The fourth-order valence-corrected chi connectivity index (χ4v) is 4.47. The summed E-state index contributed by atoms with van der Waals surface area (Å²) in [5.74, 6) is -1.78. The first kappa shape index (κ1) is 23.1. The molecule has 9 nitrogen and oxygen atoms in total. The van der Waals surface area contributed by atoms with Crippen LogP contribution in [0.4, 0.5) is 25.0 Å². The van der Waals surface area contributed by atoms with Crippen LogP contribution in [0.15, 0.2) is 41.3 Å². The van der Waals surface area contributed by atoms with Crippen molar-refractivity contribution in [2.45, 2.75) is 0 Å². The zero-order chi connectivity index (χ0) is 24.5. The number of nitrogens with zero attached hydrogens (tertiary/aromatic N) is 3. The van der Waals surface area contributed by atoms with Gasteiger partial charge in [0.2, 0.25) is 5.43 Å². The van der Waals surface area contributed by atoms with Crippen LogP contribution in [0.2, 0.25) is 0 Å². The molecule has 0 spiro atoms. The van der Waals surface area contributed by atoms with Crippen LogP contribution in [-0.4, -0.2) is 68.4 Å². The van der Waals surface area contributed by atoms with E-state index in [-0.39, 0.29) is 22.3 Å². The van der Waals surface area contributed by atoms with Crippen molar-refractivity contribution in [2.75, 3.05) is 62.4 Å². The van der Waals surface area contributed by atoms with Crippen LogP contribution in [0.1, 0.15) is 0 Å². The summed E-state index contributed by atoms with van der Waals surface area (Å²) in [5, 5.41) is 8.98. The van der Waals surface area contributed by atoms with Gasteiger partial charge in [-0.25, -0.2) is 13.6 Å². The molecule has 0 aliphatic carbocycles. The number of carboxylic acid groups (broad SMARTS) is 1. The van der Waals surface area contributed by atoms with E-state index in [9.17, 15) is 9.59 Å². The maximum absolute atomic E-state index is 15.9. The Morgan fingerprint density at radius 1 is 0.914 bits per heavy atom. The van der Waals surface area contributed by atoms with Crippen molar-refractivity contribution in [3.05, 3.63) is 58.4 Å². The van der Waals surface area contributed by atoms with Gasteiger partial charge in [0.05, 0.1) is 60.6 Å². The standard InChI is InChI=1S/C24H23F2N3O6/c25-16-12-15-19(13-20(16)28-6-10-34-11-7-28)29(14-21(23(15)30)35-24(31)32)18-3-1-2-17(22(18)26)27-4-8-33-9-5-27/h1-3,12-14H,4-11H2,(H,31,32). The summed E-state index contributed by atoms with van der Waals surface area (Å²) in [6, 6.07) is 7.32. The van der Waals surface area contributed by atoms with Gasteiger partial charge in [0.1, 0.15) is 5.82 Å². The lowest BCUT2D eigenvalue weighted by molar-refractivity contribution is 0.122. The molecule has 0 unspecified atom stereocenters. The highest BCUT2D eigenvalue weighted by atomic mass is 19.1. The molecule has 184 valence electrons. The third-order valence-electron chi connectivity index (χ3n) is 6.16. The molecule has 0 saturated carbocycles. The number of aromatic nitrogens is 1. The number of morpholine rings is 2. The summed E-state index contributed by atoms with van der Waals surface area (Å²) in [6.07, 6.45) is -0.581. The van der Waals surface area contributed by atoms with Crippen molar-refractivity contribution < 1.29 is 32.9 Å². The smallest absolute Gasteiger partial charge is 0.449 e. The monoisotopic (exact) mass is 487 g/mol. The number of benzene rings is 2. The molecule has 2 aliphatic rings. The number of rotatable bonds is 4. The van der Waals surface area contributed by atoms with Gasteiger partial charge < -0.3 is 33.7 Å². The highest BCUT2D eigenvalue weighted by Gasteiger charge is 2.23. The Kier molecular flexibility index (Phi) is 6.27. The average Bonchev–Trinajstić information content (AvgIpc) is 2.87. The van der Waals surface area contributed by atoms with Gasteiger partial charge in [-0.2, -0.15) is 0 Å². The molecule has 2 aromatic carbocycles. The molecule has 3 heterocycles. The van der Waals surface area contributed by atoms with Gasteiger partial charge in [-0.05, 0) is 24.3 Å². The van der Waals surface area contributed by atoms with E-state index >= 15 is 8.78 Å². The van der Waals surface area contributed by atoms with E-state index in [1.165, 1.54) is 16.7 Å². The van der Waals surface area contributed by atoms with Crippen molar-refractivity contribution >= 4 is 28.4 Å². The number of anilines is 2. The third kappa shape index (κ3) is 4.40. The van der Waals surface area contributed by atoms with Crippen LogP contribution in [0.25, 0.3) is 16.6 Å². The Hall–Kier alpha value is -3.70. The molecule has 0 atom stereocenters. The van der Waals surface area contributed by atoms with Gasteiger partial charge in [0.15, 0.2) is 11.6 Å². The zero-order valence-electron chi connectivity index (χ0n) is 18.7. The number of halogens is 2. The molecule has 0 amide bonds. The van der Waals surface area contributed by atoms with Crippen LogP contribution in [-0.2, 0) is 9.47 Å². The normalized spacial score (nSPS) is 16.5. The fourth-order valence-electron chi connectivity index (χ4n) is 4.47. The Morgan fingerprint density at radius 3 is 2.14 bits per heavy atom. The number of hydrogen-bond donors (Lipinski definition) is 1. The first-order valence-corrected chi connectivity index (χ1v) is 11.2. The number of hydrogen-bond acceptors (Lipinski definition) is 7. The Bertz CT molecular complexity index is 1330. The Morgan fingerprint density at radius 2 is 1.51 bits per heavy atom. The summed E-state index contributed by atoms with van der Waals surface area (Å²) in [4.78, 5) is 27.8. The van der Waals surface area contributed by atoms with E-state index in [0.717, 1.165) is 12.3 Å². The molecule has 3 aromatic rings. The lowest BCUT2D eigenvalue weighted by Crippen LogP contribution is -2.37. The molecule has 11 heteroatoms. The van der Waals surface area contributed by atoms with Gasteiger partial charge in [-0.3, -0.25) is 4.79 Å².